The second-order valence-corrected chi connectivity index (χ2v) is 1.82. The summed E-state index contributed by atoms with van der Waals surface area (Å²) in [5.41, 5.74) is 9.77. The van der Waals surface area contributed by atoms with Crippen LogP contribution in [-0.4, -0.2) is 18.8 Å². The van der Waals surface area contributed by atoms with E-state index in [4.69, 9.17) is 11.5 Å². The third-order valence-corrected chi connectivity index (χ3v) is 0.796. The molecule has 0 aromatic heterocycles. The summed E-state index contributed by atoms with van der Waals surface area (Å²) in [5.74, 6) is 0. The summed E-state index contributed by atoms with van der Waals surface area (Å²) in [6.07, 6.45) is -5.18. The molecular formula is C4H9F3N2. The van der Waals surface area contributed by atoms with Gasteiger partial charge in [0, 0.05) is 12.6 Å². The average molecular weight is 142 g/mol. The molecule has 0 fully saturated rings. The number of rotatable bonds is 2. The molecular weight excluding hydrogens is 133 g/mol. The normalized spacial score (nSPS) is 15.7. The van der Waals surface area contributed by atoms with Crippen molar-refractivity contribution in [3.05, 3.63) is 0 Å². The Balaban J connectivity index is 3.47. The zero-order chi connectivity index (χ0) is 7.49. The molecule has 0 aromatic carbocycles. The van der Waals surface area contributed by atoms with Crippen LogP contribution in [0, 0.1) is 0 Å². The minimum atomic E-state index is -4.18. The van der Waals surface area contributed by atoms with E-state index in [1.807, 2.05) is 0 Å². The zero-order valence-corrected chi connectivity index (χ0v) is 4.78. The Morgan fingerprint density at radius 1 is 1.33 bits per heavy atom. The maximum absolute atomic E-state index is 11.4. The number of alkyl halides is 3. The van der Waals surface area contributed by atoms with Crippen LogP contribution < -0.4 is 11.5 Å². The Labute approximate surface area is 51.0 Å². The largest absolute Gasteiger partial charge is 0.390 e. The van der Waals surface area contributed by atoms with Gasteiger partial charge < -0.3 is 11.5 Å². The fourth-order valence-electron chi connectivity index (χ4n) is 0.381. The van der Waals surface area contributed by atoms with E-state index < -0.39 is 18.6 Å². The van der Waals surface area contributed by atoms with Crippen molar-refractivity contribution in [1.29, 1.82) is 0 Å². The first kappa shape index (κ1) is 8.71. The summed E-state index contributed by atoms with van der Waals surface area (Å²) in [7, 11) is 0. The van der Waals surface area contributed by atoms with E-state index >= 15 is 0 Å². The van der Waals surface area contributed by atoms with Crippen molar-refractivity contribution in [1.82, 2.24) is 0 Å². The van der Waals surface area contributed by atoms with Crippen molar-refractivity contribution in [3.63, 3.8) is 0 Å². The van der Waals surface area contributed by atoms with Crippen LogP contribution in [0.15, 0.2) is 0 Å². The van der Waals surface area contributed by atoms with Crippen LogP contribution in [0.5, 0.6) is 0 Å². The van der Waals surface area contributed by atoms with Gasteiger partial charge in [0.05, 0.1) is 6.42 Å². The van der Waals surface area contributed by atoms with Gasteiger partial charge in [-0.1, -0.05) is 0 Å². The Morgan fingerprint density at radius 2 is 1.78 bits per heavy atom. The molecule has 0 bridgehead atoms. The molecule has 5 heteroatoms. The molecule has 1 atom stereocenters. The van der Waals surface area contributed by atoms with Crippen LogP contribution in [-0.2, 0) is 0 Å². The fourth-order valence-corrected chi connectivity index (χ4v) is 0.381. The Morgan fingerprint density at radius 3 is 1.89 bits per heavy atom. The quantitative estimate of drug-likeness (QED) is 0.579. The molecule has 0 aliphatic rings. The molecule has 0 saturated heterocycles. The van der Waals surface area contributed by atoms with Gasteiger partial charge in [-0.15, -0.1) is 0 Å². The molecule has 0 rings (SSSR count). The van der Waals surface area contributed by atoms with Gasteiger partial charge in [-0.05, 0) is 0 Å². The lowest BCUT2D eigenvalue weighted by atomic mass is 10.2. The van der Waals surface area contributed by atoms with Gasteiger partial charge in [0.15, 0.2) is 0 Å². The number of halogens is 3. The monoisotopic (exact) mass is 142 g/mol. The molecule has 0 radical (unpaired) electrons. The standard InChI is InChI=1S/C4H9F3N2/c5-4(6,7)1-3(9)2-8/h3H,1-2,8-9H2/t3-/m1/s1. The van der Waals surface area contributed by atoms with Crippen LogP contribution in [0.3, 0.4) is 0 Å². The summed E-state index contributed by atoms with van der Waals surface area (Å²) in [6.45, 7) is -0.125. The predicted molar refractivity (Wildman–Crippen MR) is 27.7 cm³/mol. The van der Waals surface area contributed by atoms with E-state index in [-0.39, 0.29) is 6.54 Å². The Bertz CT molecular complexity index is 80.4. The van der Waals surface area contributed by atoms with Gasteiger partial charge in [0.2, 0.25) is 0 Å². The molecule has 4 N–H and O–H groups in total. The first-order valence-corrected chi connectivity index (χ1v) is 2.48. The third kappa shape index (κ3) is 5.58. The van der Waals surface area contributed by atoms with E-state index in [1.54, 1.807) is 0 Å². The molecule has 0 saturated carbocycles. The van der Waals surface area contributed by atoms with Crippen molar-refractivity contribution in [2.24, 2.45) is 11.5 Å². The van der Waals surface area contributed by atoms with E-state index in [2.05, 4.69) is 0 Å². The van der Waals surface area contributed by atoms with Gasteiger partial charge in [-0.25, -0.2) is 0 Å². The molecule has 0 heterocycles. The molecule has 9 heavy (non-hydrogen) atoms. The highest BCUT2D eigenvalue weighted by atomic mass is 19.4. The summed E-state index contributed by atoms with van der Waals surface area (Å²) in [5, 5.41) is 0. The Hall–Kier alpha value is -0.290. The van der Waals surface area contributed by atoms with E-state index in [0.29, 0.717) is 0 Å². The van der Waals surface area contributed by atoms with Crippen molar-refractivity contribution in [2.75, 3.05) is 6.54 Å². The van der Waals surface area contributed by atoms with Gasteiger partial charge in [0.1, 0.15) is 0 Å². The topological polar surface area (TPSA) is 52.0 Å². The highest BCUT2D eigenvalue weighted by Gasteiger charge is 2.29. The molecule has 0 amide bonds. The number of hydrogen-bond donors (Lipinski definition) is 2. The first-order valence-electron chi connectivity index (χ1n) is 2.48. The van der Waals surface area contributed by atoms with Gasteiger partial charge in [-0.3, -0.25) is 0 Å². The second kappa shape index (κ2) is 3.03. The van der Waals surface area contributed by atoms with Crippen molar-refractivity contribution in [3.8, 4) is 0 Å². The first-order chi connectivity index (χ1) is 3.95. The molecule has 0 unspecified atom stereocenters. The molecule has 0 aromatic rings. The van der Waals surface area contributed by atoms with Gasteiger partial charge in [0.25, 0.3) is 0 Å². The van der Waals surface area contributed by atoms with Crippen LogP contribution in [0.2, 0.25) is 0 Å². The summed E-state index contributed by atoms with van der Waals surface area (Å²) in [6, 6.07) is -0.954. The Kier molecular flexibility index (Phi) is 2.93. The van der Waals surface area contributed by atoms with E-state index in [9.17, 15) is 13.2 Å². The SMILES string of the molecule is NC[C@H](N)CC(F)(F)F. The molecule has 0 aliphatic carbocycles. The second-order valence-electron chi connectivity index (χ2n) is 1.82. The van der Waals surface area contributed by atoms with Crippen molar-refractivity contribution >= 4 is 0 Å². The summed E-state index contributed by atoms with van der Waals surface area (Å²) in [4.78, 5) is 0. The highest BCUT2D eigenvalue weighted by Crippen LogP contribution is 2.19. The minimum Gasteiger partial charge on any atom is -0.329 e. The van der Waals surface area contributed by atoms with Crippen LogP contribution >= 0.6 is 0 Å². The van der Waals surface area contributed by atoms with Crippen molar-refractivity contribution < 1.29 is 13.2 Å². The van der Waals surface area contributed by atoms with Gasteiger partial charge >= 0.3 is 6.18 Å². The zero-order valence-electron chi connectivity index (χ0n) is 4.78. The van der Waals surface area contributed by atoms with Crippen LogP contribution in [0.1, 0.15) is 6.42 Å². The van der Waals surface area contributed by atoms with E-state index in [1.165, 1.54) is 0 Å². The summed E-state index contributed by atoms with van der Waals surface area (Å²) < 4.78 is 34.1. The summed E-state index contributed by atoms with van der Waals surface area (Å²) >= 11 is 0. The number of nitrogens with two attached hydrogens (primary N) is 2. The fraction of sp³-hybridized carbons (Fsp3) is 1.00. The maximum atomic E-state index is 11.4. The number of hydrogen-bond acceptors (Lipinski definition) is 2. The lowest BCUT2D eigenvalue weighted by molar-refractivity contribution is -0.137. The van der Waals surface area contributed by atoms with Crippen LogP contribution in [0.4, 0.5) is 13.2 Å². The minimum absolute atomic E-state index is 0.125. The third-order valence-electron chi connectivity index (χ3n) is 0.796. The lowest BCUT2D eigenvalue weighted by Crippen LogP contribution is -2.34. The van der Waals surface area contributed by atoms with Crippen molar-refractivity contribution in [2.45, 2.75) is 18.6 Å². The molecule has 0 aliphatic heterocycles. The smallest absolute Gasteiger partial charge is 0.329 e. The molecule has 56 valence electrons. The molecule has 0 spiro atoms. The van der Waals surface area contributed by atoms with Gasteiger partial charge in [-0.2, -0.15) is 13.2 Å². The maximum Gasteiger partial charge on any atom is 0.390 e. The molecule has 2 nitrogen and oxygen atoms in total. The van der Waals surface area contributed by atoms with Crippen LogP contribution in [0.25, 0.3) is 0 Å². The highest BCUT2D eigenvalue weighted by molar-refractivity contribution is 4.65. The lowest BCUT2D eigenvalue weighted by Gasteiger charge is -2.10. The predicted octanol–water partition coefficient (Wildman–Crippen LogP) is 0.225. The van der Waals surface area contributed by atoms with E-state index in [0.717, 1.165) is 0 Å². The average Bonchev–Trinajstić information content (AvgIpc) is 1.62.